The molecule has 0 bridgehead atoms. The van der Waals surface area contributed by atoms with Crippen molar-refractivity contribution < 1.29 is 4.79 Å². The molecule has 0 atom stereocenters. The maximum atomic E-state index is 12.4. The van der Waals surface area contributed by atoms with Gasteiger partial charge in [-0.3, -0.25) is 4.79 Å². The fraction of sp³-hybridized carbons (Fsp3) is 0.611. The first-order valence-corrected chi connectivity index (χ1v) is 8.29. The lowest BCUT2D eigenvalue weighted by molar-refractivity contribution is 0.0773. The zero-order chi connectivity index (χ0) is 15.2. The molecule has 1 aliphatic carbocycles. The predicted molar refractivity (Wildman–Crippen MR) is 88.7 cm³/mol. The van der Waals surface area contributed by atoms with E-state index in [1.54, 1.807) is 0 Å². The highest BCUT2D eigenvalue weighted by atomic mass is 16.2. The van der Waals surface area contributed by atoms with E-state index in [0.717, 1.165) is 30.3 Å². The first-order chi connectivity index (χ1) is 10.1. The fourth-order valence-electron chi connectivity index (χ4n) is 3.08. The van der Waals surface area contributed by atoms with Crippen LogP contribution in [0.4, 0.5) is 5.69 Å². The molecule has 1 aromatic carbocycles. The number of carbonyl (C=O) groups is 1. The molecule has 0 aliphatic heterocycles. The molecule has 1 N–H and O–H groups in total. The molecule has 21 heavy (non-hydrogen) atoms. The number of amides is 1. The second-order valence-electron chi connectivity index (χ2n) is 6.16. The third kappa shape index (κ3) is 4.23. The lowest BCUT2D eigenvalue weighted by atomic mass is 9.87. The van der Waals surface area contributed by atoms with E-state index in [1.807, 2.05) is 36.9 Å². The lowest BCUT2D eigenvalue weighted by Gasteiger charge is -2.28. The van der Waals surface area contributed by atoms with Crippen LogP contribution < -0.4 is 5.32 Å². The van der Waals surface area contributed by atoms with Crippen LogP contribution in [0.5, 0.6) is 0 Å². The van der Waals surface area contributed by atoms with Gasteiger partial charge in [-0.2, -0.15) is 0 Å². The molecule has 0 spiro atoms. The van der Waals surface area contributed by atoms with E-state index in [0.29, 0.717) is 6.04 Å². The molecule has 0 aromatic heterocycles. The van der Waals surface area contributed by atoms with E-state index in [1.165, 1.54) is 25.7 Å². The lowest BCUT2D eigenvalue weighted by Crippen LogP contribution is -2.30. The highest BCUT2D eigenvalue weighted by molar-refractivity contribution is 5.95. The van der Waals surface area contributed by atoms with Gasteiger partial charge in [-0.15, -0.1) is 0 Å². The van der Waals surface area contributed by atoms with Crippen LogP contribution in [0.25, 0.3) is 0 Å². The highest BCUT2D eigenvalue weighted by Gasteiger charge is 2.18. The zero-order valence-corrected chi connectivity index (χ0v) is 13.6. The van der Waals surface area contributed by atoms with Crippen LogP contribution in [-0.2, 0) is 0 Å². The van der Waals surface area contributed by atoms with Crippen molar-refractivity contribution in [1.29, 1.82) is 0 Å². The summed E-state index contributed by atoms with van der Waals surface area (Å²) < 4.78 is 0. The van der Waals surface area contributed by atoms with Crippen LogP contribution in [0, 0.1) is 5.92 Å². The number of nitrogens with zero attached hydrogens (tertiary/aromatic N) is 1. The molecule has 0 radical (unpaired) electrons. The van der Waals surface area contributed by atoms with Crippen molar-refractivity contribution in [3.63, 3.8) is 0 Å². The molecule has 1 saturated carbocycles. The molecule has 3 nitrogen and oxygen atoms in total. The molecule has 1 aliphatic rings. The number of nitrogens with one attached hydrogen (secondary N) is 1. The van der Waals surface area contributed by atoms with Gasteiger partial charge in [-0.1, -0.05) is 13.0 Å². The Labute approximate surface area is 128 Å². The Bertz CT molecular complexity index is 460. The van der Waals surface area contributed by atoms with Gasteiger partial charge in [0.2, 0.25) is 0 Å². The summed E-state index contributed by atoms with van der Waals surface area (Å²) in [6, 6.07) is 8.51. The topological polar surface area (TPSA) is 32.3 Å². The first-order valence-electron chi connectivity index (χ1n) is 8.29. The minimum Gasteiger partial charge on any atom is -0.382 e. The van der Waals surface area contributed by atoms with E-state index < -0.39 is 0 Å². The number of rotatable bonds is 5. The van der Waals surface area contributed by atoms with Gasteiger partial charge >= 0.3 is 0 Å². The summed E-state index contributed by atoms with van der Waals surface area (Å²) in [5.74, 6) is 0.986. The van der Waals surface area contributed by atoms with Crippen molar-refractivity contribution in [3.8, 4) is 0 Å². The van der Waals surface area contributed by atoms with E-state index in [4.69, 9.17) is 0 Å². The number of hydrogen-bond acceptors (Lipinski definition) is 2. The summed E-state index contributed by atoms with van der Waals surface area (Å²) in [4.78, 5) is 14.3. The summed E-state index contributed by atoms with van der Waals surface area (Å²) in [5, 5.41) is 3.60. The summed E-state index contributed by atoms with van der Waals surface area (Å²) in [7, 11) is 0. The molecule has 1 fully saturated rings. The third-order valence-electron chi connectivity index (χ3n) is 4.55. The van der Waals surface area contributed by atoms with Gasteiger partial charge in [-0.25, -0.2) is 0 Å². The van der Waals surface area contributed by atoms with Crippen LogP contribution in [-0.4, -0.2) is 29.9 Å². The molecule has 1 aromatic rings. The molecule has 0 saturated heterocycles. The quantitative estimate of drug-likeness (QED) is 0.882. The standard InChI is InChI=1S/C18H28N2O/c1-4-20(5-2)18(21)15-7-6-8-17(13-15)19-16-11-9-14(3)10-12-16/h6-8,13-14,16,19H,4-5,9-12H2,1-3H3. The largest absolute Gasteiger partial charge is 0.382 e. The monoisotopic (exact) mass is 288 g/mol. The Balaban J connectivity index is 2.02. The second kappa shape index (κ2) is 7.48. The smallest absolute Gasteiger partial charge is 0.253 e. The van der Waals surface area contributed by atoms with Gasteiger partial charge in [0.05, 0.1) is 0 Å². The van der Waals surface area contributed by atoms with Crippen molar-refractivity contribution >= 4 is 11.6 Å². The normalized spacial score (nSPS) is 21.9. The Hall–Kier alpha value is -1.51. The molecular weight excluding hydrogens is 260 g/mol. The van der Waals surface area contributed by atoms with Crippen molar-refractivity contribution in [3.05, 3.63) is 29.8 Å². The third-order valence-corrected chi connectivity index (χ3v) is 4.55. The Morgan fingerprint density at radius 2 is 1.86 bits per heavy atom. The van der Waals surface area contributed by atoms with Crippen LogP contribution in [0.3, 0.4) is 0 Å². The Morgan fingerprint density at radius 1 is 1.19 bits per heavy atom. The predicted octanol–water partition coefficient (Wildman–Crippen LogP) is 4.16. The molecular formula is C18H28N2O. The van der Waals surface area contributed by atoms with Crippen LogP contribution in [0.2, 0.25) is 0 Å². The van der Waals surface area contributed by atoms with Gasteiger partial charge < -0.3 is 10.2 Å². The molecule has 116 valence electrons. The number of anilines is 1. The highest BCUT2D eigenvalue weighted by Crippen LogP contribution is 2.26. The molecule has 3 heteroatoms. The summed E-state index contributed by atoms with van der Waals surface area (Å²) in [5.41, 5.74) is 1.86. The van der Waals surface area contributed by atoms with E-state index in [2.05, 4.69) is 18.3 Å². The van der Waals surface area contributed by atoms with Crippen molar-refractivity contribution in [2.24, 2.45) is 5.92 Å². The van der Waals surface area contributed by atoms with Crippen LogP contribution in [0.15, 0.2) is 24.3 Å². The Morgan fingerprint density at radius 3 is 2.48 bits per heavy atom. The average Bonchev–Trinajstić information content (AvgIpc) is 2.51. The van der Waals surface area contributed by atoms with Crippen molar-refractivity contribution in [1.82, 2.24) is 4.90 Å². The minimum absolute atomic E-state index is 0.126. The summed E-state index contributed by atoms with van der Waals surface area (Å²) >= 11 is 0. The molecule has 0 heterocycles. The van der Waals surface area contributed by atoms with Crippen LogP contribution in [0.1, 0.15) is 56.8 Å². The minimum atomic E-state index is 0.126. The average molecular weight is 288 g/mol. The number of hydrogen-bond donors (Lipinski definition) is 1. The SMILES string of the molecule is CCN(CC)C(=O)c1cccc(NC2CCC(C)CC2)c1. The second-order valence-corrected chi connectivity index (χ2v) is 6.16. The fourth-order valence-corrected chi connectivity index (χ4v) is 3.08. The summed E-state index contributed by atoms with van der Waals surface area (Å²) in [6.45, 7) is 7.89. The van der Waals surface area contributed by atoms with Gasteiger partial charge in [0, 0.05) is 30.4 Å². The van der Waals surface area contributed by atoms with E-state index in [9.17, 15) is 4.79 Å². The summed E-state index contributed by atoms with van der Waals surface area (Å²) in [6.07, 6.45) is 5.07. The maximum absolute atomic E-state index is 12.4. The van der Waals surface area contributed by atoms with Gasteiger partial charge in [0.15, 0.2) is 0 Å². The maximum Gasteiger partial charge on any atom is 0.253 e. The number of benzene rings is 1. The van der Waals surface area contributed by atoms with Crippen LogP contribution >= 0.6 is 0 Å². The Kier molecular flexibility index (Phi) is 5.66. The van der Waals surface area contributed by atoms with E-state index >= 15 is 0 Å². The number of carbonyl (C=O) groups excluding carboxylic acids is 1. The van der Waals surface area contributed by atoms with Gasteiger partial charge in [0.1, 0.15) is 0 Å². The molecule has 1 amide bonds. The molecule has 2 rings (SSSR count). The van der Waals surface area contributed by atoms with Gasteiger partial charge in [-0.05, 0) is 63.6 Å². The molecule has 0 unspecified atom stereocenters. The zero-order valence-electron chi connectivity index (χ0n) is 13.6. The first kappa shape index (κ1) is 15.9. The van der Waals surface area contributed by atoms with Crippen molar-refractivity contribution in [2.75, 3.05) is 18.4 Å². The van der Waals surface area contributed by atoms with E-state index in [-0.39, 0.29) is 5.91 Å². The van der Waals surface area contributed by atoms with Gasteiger partial charge in [0.25, 0.3) is 5.91 Å². The van der Waals surface area contributed by atoms with Crippen molar-refractivity contribution in [2.45, 2.75) is 52.5 Å².